The molecule has 18 heavy (non-hydrogen) atoms. The zero-order valence-electron chi connectivity index (χ0n) is 12.1. The molecule has 1 aliphatic carbocycles. The summed E-state index contributed by atoms with van der Waals surface area (Å²) < 4.78 is 11.5. The van der Waals surface area contributed by atoms with Gasteiger partial charge in [-0.15, -0.1) is 0 Å². The summed E-state index contributed by atoms with van der Waals surface area (Å²) in [5, 5.41) is 0. The maximum Gasteiger partial charge on any atom is 0.313 e. The van der Waals surface area contributed by atoms with Crippen molar-refractivity contribution in [2.75, 3.05) is 0 Å². The summed E-state index contributed by atoms with van der Waals surface area (Å²) in [6, 6.07) is 0. The predicted octanol–water partition coefficient (Wildman–Crippen LogP) is 3.52. The van der Waals surface area contributed by atoms with Crippen LogP contribution in [0.4, 0.5) is 0 Å². The lowest BCUT2D eigenvalue weighted by Gasteiger charge is -2.29. The van der Waals surface area contributed by atoms with Gasteiger partial charge in [0.1, 0.15) is 0 Å². The highest BCUT2D eigenvalue weighted by Gasteiger charge is 2.43. The van der Waals surface area contributed by atoms with Crippen molar-refractivity contribution in [1.82, 2.24) is 0 Å². The van der Waals surface area contributed by atoms with E-state index in [1.165, 1.54) is 19.3 Å². The van der Waals surface area contributed by atoms with E-state index in [1.807, 2.05) is 20.8 Å². The number of esters is 1. The van der Waals surface area contributed by atoms with E-state index in [4.69, 9.17) is 9.47 Å². The zero-order chi connectivity index (χ0) is 13.3. The highest BCUT2D eigenvalue weighted by molar-refractivity contribution is 5.75. The first kappa shape index (κ1) is 13.9. The Morgan fingerprint density at radius 2 is 2.11 bits per heavy atom. The van der Waals surface area contributed by atoms with Gasteiger partial charge in [0.05, 0.1) is 11.5 Å². The molecule has 3 heteroatoms. The highest BCUT2D eigenvalue weighted by atomic mass is 16.7. The molecule has 0 N–H and O–H groups in total. The maximum atomic E-state index is 12.0. The average molecular weight is 254 g/mol. The van der Waals surface area contributed by atoms with Crippen LogP contribution in [0.25, 0.3) is 0 Å². The van der Waals surface area contributed by atoms with Gasteiger partial charge in [0.15, 0.2) is 0 Å². The van der Waals surface area contributed by atoms with Crippen LogP contribution >= 0.6 is 0 Å². The monoisotopic (exact) mass is 254 g/mol. The molecule has 104 valence electrons. The van der Waals surface area contributed by atoms with Crippen LogP contribution in [0, 0.1) is 17.3 Å². The molecule has 1 saturated carbocycles. The van der Waals surface area contributed by atoms with E-state index in [0.29, 0.717) is 17.9 Å². The molecule has 0 amide bonds. The lowest BCUT2D eigenvalue weighted by atomic mass is 9.80. The number of hydrogen-bond acceptors (Lipinski definition) is 3. The summed E-state index contributed by atoms with van der Waals surface area (Å²) in [7, 11) is 0. The van der Waals surface area contributed by atoms with Crippen molar-refractivity contribution in [3.63, 3.8) is 0 Å². The molecule has 2 fully saturated rings. The van der Waals surface area contributed by atoms with E-state index in [2.05, 4.69) is 6.92 Å². The molecule has 0 bridgehead atoms. The van der Waals surface area contributed by atoms with Gasteiger partial charge in [-0.25, -0.2) is 0 Å². The molecule has 4 unspecified atom stereocenters. The quantitative estimate of drug-likeness (QED) is 0.723. The van der Waals surface area contributed by atoms with Crippen LogP contribution in [0.2, 0.25) is 0 Å². The summed E-state index contributed by atoms with van der Waals surface area (Å²) >= 11 is 0. The Bertz CT molecular complexity index is 311. The Morgan fingerprint density at radius 3 is 2.72 bits per heavy atom. The Labute approximate surface area is 110 Å². The molecule has 4 atom stereocenters. The predicted molar refractivity (Wildman–Crippen MR) is 69.9 cm³/mol. The first-order chi connectivity index (χ1) is 8.44. The number of rotatable bonds is 3. The van der Waals surface area contributed by atoms with Crippen LogP contribution in [0.15, 0.2) is 0 Å². The highest BCUT2D eigenvalue weighted by Crippen LogP contribution is 2.41. The van der Waals surface area contributed by atoms with Gasteiger partial charge in [-0.2, -0.15) is 0 Å². The van der Waals surface area contributed by atoms with Crippen molar-refractivity contribution in [1.29, 1.82) is 0 Å². The second-order valence-corrected chi connectivity index (χ2v) is 6.58. The standard InChI is InChI=1S/C15H26O3/c1-5-15(3,4)14(16)18-12-9-11-8-6-7-10(2)13(11)17-12/h10-13H,5-9H2,1-4H3. The van der Waals surface area contributed by atoms with Crippen LogP contribution in [-0.4, -0.2) is 18.4 Å². The lowest BCUT2D eigenvalue weighted by Crippen LogP contribution is -2.31. The van der Waals surface area contributed by atoms with Crippen LogP contribution in [0.5, 0.6) is 0 Å². The van der Waals surface area contributed by atoms with Gasteiger partial charge in [-0.1, -0.05) is 20.3 Å². The van der Waals surface area contributed by atoms with E-state index in [9.17, 15) is 4.79 Å². The minimum atomic E-state index is -0.400. The van der Waals surface area contributed by atoms with Gasteiger partial charge in [0.2, 0.25) is 6.29 Å². The lowest BCUT2D eigenvalue weighted by molar-refractivity contribution is -0.188. The van der Waals surface area contributed by atoms with Gasteiger partial charge < -0.3 is 9.47 Å². The third-order valence-electron chi connectivity index (χ3n) is 4.74. The van der Waals surface area contributed by atoms with Gasteiger partial charge in [-0.05, 0) is 44.9 Å². The summed E-state index contributed by atoms with van der Waals surface area (Å²) in [4.78, 5) is 12.0. The van der Waals surface area contributed by atoms with Crippen molar-refractivity contribution >= 4 is 5.97 Å². The number of fused-ring (bicyclic) bond motifs is 1. The Morgan fingerprint density at radius 1 is 1.39 bits per heavy atom. The Kier molecular flexibility index (Phi) is 4.00. The number of ether oxygens (including phenoxy) is 2. The SMILES string of the molecule is CCC(C)(C)C(=O)OC1CC2CCCC(C)C2O1. The normalized spacial score (nSPS) is 36.2. The zero-order valence-corrected chi connectivity index (χ0v) is 12.1. The van der Waals surface area contributed by atoms with Crippen molar-refractivity contribution in [2.45, 2.75) is 72.2 Å². The topological polar surface area (TPSA) is 35.5 Å². The van der Waals surface area contributed by atoms with Gasteiger partial charge in [-0.3, -0.25) is 4.79 Å². The van der Waals surface area contributed by atoms with E-state index in [-0.39, 0.29) is 12.3 Å². The minimum absolute atomic E-state index is 0.124. The summed E-state index contributed by atoms with van der Waals surface area (Å²) in [5.74, 6) is 1.07. The molecule has 0 aromatic carbocycles. The summed E-state index contributed by atoms with van der Waals surface area (Å²) in [5.41, 5.74) is -0.400. The fraction of sp³-hybridized carbons (Fsp3) is 0.933. The van der Waals surface area contributed by atoms with Crippen molar-refractivity contribution in [3.05, 3.63) is 0 Å². The summed E-state index contributed by atoms with van der Waals surface area (Å²) in [6.45, 7) is 8.12. The molecule has 1 aliphatic heterocycles. The molecular formula is C15H26O3. The van der Waals surface area contributed by atoms with Crippen molar-refractivity contribution in [2.24, 2.45) is 17.3 Å². The molecule has 0 radical (unpaired) electrons. The number of hydrogen-bond donors (Lipinski definition) is 0. The second kappa shape index (κ2) is 5.20. The van der Waals surface area contributed by atoms with Crippen LogP contribution in [0.3, 0.4) is 0 Å². The van der Waals surface area contributed by atoms with E-state index < -0.39 is 5.41 Å². The molecule has 3 nitrogen and oxygen atoms in total. The fourth-order valence-electron chi connectivity index (χ4n) is 2.97. The molecule has 0 spiro atoms. The van der Waals surface area contributed by atoms with Crippen LogP contribution < -0.4 is 0 Å². The fourth-order valence-corrected chi connectivity index (χ4v) is 2.97. The van der Waals surface area contributed by atoms with Crippen LogP contribution in [-0.2, 0) is 14.3 Å². The number of carbonyl (C=O) groups excluding carboxylic acids is 1. The minimum Gasteiger partial charge on any atom is -0.435 e. The largest absolute Gasteiger partial charge is 0.435 e. The van der Waals surface area contributed by atoms with Crippen molar-refractivity contribution < 1.29 is 14.3 Å². The van der Waals surface area contributed by atoms with Gasteiger partial charge in [0, 0.05) is 6.42 Å². The van der Waals surface area contributed by atoms with E-state index >= 15 is 0 Å². The molecule has 1 saturated heterocycles. The van der Waals surface area contributed by atoms with Gasteiger partial charge in [0.25, 0.3) is 0 Å². The second-order valence-electron chi connectivity index (χ2n) is 6.58. The number of carbonyl (C=O) groups is 1. The smallest absolute Gasteiger partial charge is 0.313 e. The van der Waals surface area contributed by atoms with E-state index in [1.54, 1.807) is 0 Å². The molecular weight excluding hydrogens is 228 g/mol. The molecule has 2 rings (SSSR count). The first-order valence-corrected chi connectivity index (χ1v) is 7.30. The molecule has 0 aromatic heterocycles. The Balaban J connectivity index is 1.91. The van der Waals surface area contributed by atoms with Crippen LogP contribution in [0.1, 0.15) is 59.8 Å². The summed E-state index contributed by atoms with van der Waals surface area (Å²) in [6.07, 6.45) is 5.43. The molecule has 0 aromatic rings. The van der Waals surface area contributed by atoms with Gasteiger partial charge >= 0.3 is 5.97 Å². The third kappa shape index (κ3) is 2.71. The average Bonchev–Trinajstić information content (AvgIpc) is 2.73. The maximum absolute atomic E-state index is 12.0. The first-order valence-electron chi connectivity index (χ1n) is 7.30. The molecule has 1 heterocycles. The van der Waals surface area contributed by atoms with Crippen molar-refractivity contribution in [3.8, 4) is 0 Å². The Hall–Kier alpha value is -0.570. The van der Waals surface area contributed by atoms with E-state index in [0.717, 1.165) is 12.8 Å². The third-order valence-corrected chi connectivity index (χ3v) is 4.74. The molecule has 2 aliphatic rings.